The third-order valence-corrected chi connectivity index (χ3v) is 9.59. The minimum Gasteiger partial charge on any atom is -0.399 e. The molecule has 1 radical (unpaired) electrons. The number of alkyl halides is 1. The summed E-state index contributed by atoms with van der Waals surface area (Å²) in [5, 5.41) is 0. The van der Waals surface area contributed by atoms with Gasteiger partial charge in [-0.3, -0.25) is 14.5 Å². The van der Waals surface area contributed by atoms with Gasteiger partial charge >= 0.3 is 0 Å². The molecule has 50 heavy (non-hydrogen) atoms. The van der Waals surface area contributed by atoms with E-state index in [2.05, 4.69) is 37.3 Å². The molecule has 2 aromatic carbocycles. The number of allylic oxidation sites excluding steroid dienone is 4. The number of ether oxygens (including phenoxy) is 1. The molecule has 2 heterocycles. The fourth-order valence-corrected chi connectivity index (χ4v) is 6.48. The standard InChI is InChI=1S/C28H32NO3.C13H19FN2.C2H6/c1-3-16-32-19-21-4-5-26(18-20(2)17-21)28(31)29-14-12-25(13-15-29)27(30)24-10-8-23(9-11-24)22-6-7-22;1-10-6-7-16(9-13(10)14)8-11-2-4-12(15)5-3-11;1-2/h4-11,17-18,20,25H,3,12-16,19H2,1-2H3;2-5,10,13H,6-9,15H2,1H3;1-2H3/t;10?,13-;/m.1./s1. The van der Waals surface area contributed by atoms with Gasteiger partial charge in [0.1, 0.15) is 6.17 Å². The zero-order valence-corrected chi connectivity index (χ0v) is 30.7. The molecule has 3 atom stereocenters. The Morgan fingerprint density at radius 2 is 1.60 bits per heavy atom. The second kappa shape index (κ2) is 19.5. The topological polar surface area (TPSA) is 75.9 Å². The van der Waals surface area contributed by atoms with Gasteiger partial charge in [-0.2, -0.15) is 0 Å². The Labute approximate surface area is 299 Å². The first-order valence-corrected chi connectivity index (χ1v) is 18.6. The van der Waals surface area contributed by atoms with E-state index in [1.54, 1.807) is 0 Å². The first-order chi connectivity index (χ1) is 24.2. The molecular formula is C43H57FN3O3. The Balaban J connectivity index is 0.000000261. The van der Waals surface area contributed by atoms with Crippen molar-refractivity contribution in [2.45, 2.75) is 73.0 Å². The molecule has 4 aliphatic rings. The average molecular weight is 683 g/mol. The first kappa shape index (κ1) is 39.0. The molecular weight excluding hydrogens is 625 g/mol. The Morgan fingerprint density at radius 3 is 2.22 bits per heavy atom. The number of nitrogens with zero attached hydrogens (tertiary/aromatic N) is 2. The predicted molar refractivity (Wildman–Crippen MR) is 204 cm³/mol. The monoisotopic (exact) mass is 682 g/mol. The summed E-state index contributed by atoms with van der Waals surface area (Å²) in [5.41, 5.74) is 12.6. The van der Waals surface area contributed by atoms with E-state index in [1.165, 1.54) is 11.1 Å². The molecule has 0 spiro atoms. The van der Waals surface area contributed by atoms with Crippen LogP contribution in [0.4, 0.5) is 10.1 Å². The molecule has 269 valence electrons. The Hall–Kier alpha value is -3.81. The van der Waals surface area contributed by atoms with E-state index in [9.17, 15) is 14.0 Å². The molecule has 2 saturated heterocycles. The van der Waals surface area contributed by atoms with Gasteiger partial charge in [0, 0.05) is 61.9 Å². The quantitative estimate of drug-likeness (QED) is 0.154. The van der Waals surface area contributed by atoms with Crippen LogP contribution in [-0.2, 0) is 16.1 Å². The number of hydrogen-bond donors (Lipinski definition) is 1. The van der Waals surface area contributed by atoms with Crippen molar-refractivity contribution in [1.82, 2.24) is 9.80 Å². The maximum atomic E-state index is 13.5. The summed E-state index contributed by atoms with van der Waals surface area (Å²) in [6, 6.07) is 15.7. The van der Waals surface area contributed by atoms with Crippen LogP contribution in [0.15, 0.2) is 90.1 Å². The van der Waals surface area contributed by atoms with Gasteiger partial charge in [-0.05, 0) is 84.5 Å². The zero-order chi connectivity index (χ0) is 36.0. The van der Waals surface area contributed by atoms with E-state index in [4.69, 9.17) is 10.5 Å². The Bertz CT molecular complexity index is 1520. The minimum atomic E-state index is -0.678. The summed E-state index contributed by atoms with van der Waals surface area (Å²) in [4.78, 5) is 30.1. The zero-order valence-electron chi connectivity index (χ0n) is 30.7. The minimum absolute atomic E-state index is 0.0156. The van der Waals surface area contributed by atoms with Crippen LogP contribution < -0.4 is 5.73 Å². The van der Waals surface area contributed by atoms with Crippen molar-refractivity contribution in [3.63, 3.8) is 0 Å². The number of rotatable bonds is 10. The molecule has 2 N–H and O–H groups in total. The van der Waals surface area contributed by atoms with E-state index in [-0.39, 0.29) is 29.4 Å². The molecule has 6 nitrogen and oxygen atoms in total. The lowest BCUT2D eigenvalue weighted by molar-refractivity contribution is -0.128. The highest BCUT2D eigenvalue weighted by Crippen LogP contribution is 2.30. The van der Waals surface area contributed by atoms with Crippen LogP contribution in [0.2, 0.25) is 0 Å². The molecule has 2 unspecified atom stereocenters. The van der Waals surface area contributed by atoms with E-state index < -0.39 is 6.17 Å². The third-order valence-electron chi connectivity index (χ3n) is 9.59. The number of likely N-dealkylation sites (tertiary alicyclic amines) is 2. The van der Waals surface area contributed by atoms with Crippen LogP contribution in [0.1, 0.15) is 81.8 Å². The smallest absolute Gasteiger partial charge is 0.253 e. The molecule has 0 bridgehead atoms. The maximum absolute atomic E-state index is 13.5. The number of benzene rings is 2. The summed E-state index contributed by atoms with van der Waals surface area (Å²) >= 11 is 0. The molecule has 1 amide bonds. The highest BCUT2D eigenvalue weighted by molar-refractivity contribution is 5.99. The molecule has 6 rings (SSSR count). The van der Waals surface area contributed by atoms with E-state index in [0.29, 0.717) is 39.1 Å². The van der Waals surface area contributed by atoms with Crippen molar-refractivity contribution in [1.29, 1.82) is 0 Å². The number of ketones is 1. The Kier molecular flexibility index (Phi) is 15.2. The van der Waals surface area contributed by atoms with Crippen molar-refractivity contribution in [3.05, 3.63) is 113 Å². The van der Waals surface area contributed by atoms with Gasteiger partial charge < -0.3 is 15.4 Å². The summed E-state index contributed by atoms with van der Waals surface area (Å²) in [6.07, 6.45) is 14.9. The van der Waals surface area contributed by atoms with Crippen LogP contribution >= 0.6 is 0 Å². The lowest BCUT2D eigenvalue weighted by Gasteiger charge is -2.32. The number of piperidine rings is 2. The maximum Gasteiger partial charge on any atom is 0.253 e. The summed E-state index contributed by atoms with van der Waals surface area (Å²) in [6.45, 7) is 15.1. The third kappa shape index (κ3) is 11.6. The van der Waals surface area contributed by atoms with E-state index in [1.807, 2.05) is 92.4 Å². The van der Waals surface area contributed by atoms with Gasteiger partial charge in [-0.15, -0.1) is 0 Å². The lowest BCUT2D eigenvalue weighted by atomic mass is 9.88. The number of carbonyl (C=O) groups excluding carboxylic acids is 2. The summed E-state index contributed by atoms with van der Waals surface area (Å²) in [5.74, 6) is 0.623. The van der Waals surface area contributed by atoms with Crippen molar-refractivity contribution >= 4 is 23.0 Å². The number of carbonyl (C=O) groups is 2. The number of Topliss-reactive ketones (excluding diaryl/α,β-unsaturated/α-hetero) is 1. The number of nitrogen functional groups attached to an aromatic ring is 1. The van der Waals surface area contributed by atoms with Crippen molar-refractivity contribution in [3.8, 4) is 0 Å². The van der Waals surface area contributed by atoms with Crippen LogP contribution in [-0.4, -0.2) is 67.1 Å². The highest BCUT2D eigenvalue weighted by atomic mass is 19.1. The van der Waals surface area contributed by atoms with Gasteiger partial charge in [0.15, 0.2) is 5.78 Å². The molecule has 2 aliphatic heterocycles. The second-order valence-electron chi connectivity index (χ2n) is 13.7. The largest absolute Gasteiger partial charge is 0.399 e. The van der Waals surface area contributed by atoms with Gasteiger partial charge in [0.25, 0.3) is 5.91 Å². The average Bonchev–Trinajstić information content (AvgIpc) is 4.00. The van der Waals surface area contributed by atoms with Gasteiger partial charge in [-0.25, -0.2) is 4.39 Å². The van der Waals surface area contributed by atoms with Crippen LogP contribution in [0.5, 0.6) is 0 Å². The van der Waals surface area contributed by atoms with E-state index in [0.717, 1.165) is 60.5 Å². The molecule has 2 aliphatic carbocycles. The number of halogens is 1. The van der Waals surface area contributed by atoms with Crippen LogP contribution in [0.25, 0.3) is 5.57 Å². The SMILES string of the molecule is CC.CC1CCN(Cc2ccc(N)cc2)C[C@H]1F.CCCOCC1=CC(C)C=C(C(=O)N2CCC(C(=O)c3ccc(C4=C[CH]4)cc3)CC2)C=C1. The van der Waals surface area contributed by atoms with E-state index >= 15 is 0 Å². The fourth-order valence-electron chi connectivity index (χ4n) is 6.48. The molecule has 0 aromatic heterocycles. The number of anilines is 1. The number of amides is 1. The summed E-state index contributed by atoms with van der Waals surface area (Å²) < 4.78 is 19.2. The van der Waals surface area contributed by atoms with Crippen molar-refractivity contribution in [2.75, 3.05) is 45.1 Å². The lowest BCUT2D eigenvalue weighted by Crippen LogP contribution is -2.40. The number of hydrogen-bond acceptors (Lipinski definition) is 5. The van der Waals surface area contributed by atoms with Crippen molar-refractivity contribution < 1.29 is 18.7 Å². The molecule has 2 aromatic rings. The normalized spacial score (nSPS) is 22.1. The predicted octanol–water partition coefficient (Wildman–Crippen LogP) is 8.67. The first-order valence-electron chi connectivity index (χ1n) is 18.6. The van der Waals surface area contributed by atoms with Crippen LogP contribution in [0, 0.1) is 24.2 Å². The van der Waals surface area contributed by atoms with Gasteiger partial charge in [-0.1, -0.05) is 95.3 Å². The van der Waals surface area contributed by atoms with Gasteiger partial charge in [0.05, 0.1) is 6.61 Å². The van der Waals surface area contributed by atoms with Crippen molar-refractivity contribution in [2.24, 2.45) is 17.8 Å². The van der Waals surface area contributed by atoms with Gasteiger partial charge in [0.2, 0.25) is 0 Å². The highest BCUT2D eigenvalue weighted by Gasteiger charge is 2.29. The van der Waals surface area contributed by atoms with Crippen LogP contribution in [0.3, 0.4) is 0 Å². The summed E-state index contributed by atoms with van der Waals surface area (Å²) in [7, 11) is 0. The molecule has 7 heteroatoms. The molecule has 2 fully saturated rings. The number of nitrogens with two attached hydrogens (primary N) is 1. The fraction of sp³-hybridized carbons (Fsp3) is 0.465. The second-order valence-corrected chi connectivity index (χ2v) is 13.7. The Morgan fingerprint density at radius 1 is 0.920 bits per heavy atom. The molecule has 0 saturated carbocycles.